The van der Waals surface area contributed by atoms with Gasteiger partial charge in [0, 0.05) is 19.0 Å². The van der Waals surface area contributed by atoms with E-state index in [0.29, 0.717) is 12.5 Å². The van der Waals surface area contributed by atoms with E-state index >= 15 is 0 Å². The molecule has 3 heteroatoms. The highest BCUT2D eigenvalue weighted by atomic mass is 16.2. The fourth-order valence-corrected chi connectivity index (χ4v) is 1.81. The average Bonchev–Trinajstić information content (AvgIpc) is 2.36. The number of rotatable bonds is 4. The van der Waals surface area contributed by atoms with Crippen molar-refractivity contribution in [1.82, 2.24) is 10.6 Å². The molecule has 2 N–H and O–H groups in total. The number of carbonyl (C=O) groups is 1. The van der Waals surface area contributed by atoms with Crippen LogP contribution in [0.25, 0.3) is 0 Å². The Morgan fingerprint density at radius 3 is 2.22 bits per heavy atom. The van der Waals surface area contributed by atoms with Gasteiger partial charge in [0.2, 0.25) is 0 Å². The number of urea groups is 1. The summed E-state index contributed by atoms with van der Waals surface area (Å²) in [6.07, 6.45) is 0. The van der Waals surface area contributed by atoms with Crippen molar-refractivity contribution in [3.05, 3.63) is 35.4 Å². The first kappa shape index (κ1) is 14.6. The Bertz CT molecular complexity index is 393. The van der Waals surface area contributed by atoms with Gasteiger partial charge in [-0.05, 0) is 17.0 Å². The Hall–Kier alpha value is -1.51. The van der Waals surface area contributed by atoms with Gasteiger partial charge >= 0.3 is 6.03 Å². The maximum atomic E-state index is 11.2. The smallest absolute Gasteiger partial charge is 0.314 e. The Kier molecular flexibility index (Phi) is 4.76. The third-order valence-electron chi connectivity index (χ3n) is 3.28. The van der Waals surface area contributed by atoms with Gasteiger partial charge in [-0.1, -0.05) is 52.0 Å². The van der Waals surface area contributed by atoms with Crippen LogP contribution in [-0.4, -0.2) is 19.6 Å². The molecule has 100 valence electrons. The van der Waals surface area contributed by atoms with E-state index in [0.717, 1.165) is 0 Å². The molecule has 0 unspecified atom stereocenters. The van der Waals surface area contributed by atoms with E-state index in [9.17, 15) is 4.79 Å². The molecule has 0 radical (unpaired) electrons. The van der Waals surface area contributed by atoms with Crippen LogP contribution in [0.3, 0.4) is 0 Å². The van der Waals surface area contributed by atoms with Crippen molar-refractivity contribution in [2.75, 3.05) is 13.6 Å². The predicted molar refractivity (Wildman–Crippen MR) is 76.0 cm³/mol. The molecule has 0 heterocycles. The maximum absolute atomic E-state index is 11.2. The average molecular weight is 248 g/mol. The molecule has 0 bridgehead atoms. The third kappa shape index (κ3) is 3.76. The first-order valence-electron chi connectivity index (χ1n) is 6.43. The van der Waals surface area contributed by atoms with Crippen molar-refractivity contribution in [3.63, 3.8) is 0 Å². The fourth-order valence-electron chi connectivity index (χ4n) is 1.81. The summed E-state index contributed by atoms with van der Waals surface area (Å²) in [4.78, 5) is 11.2. The zero-order valence-corrected chi connectivity index (χ0v) is 12.0. The summed E-state index contributed by atoms with van der Waals surface area (Å²) in [5.74, 6) is 0.547. The van der Waals surface area contributed by atoms with Crippen LogP contribution in [0.2, 0.25) is 0 Å². The largest absolute Gasteiger partial charge is 0.341 e. The van der Waals surface area contributed by atoms with Crippen molar-refractivity contribution in [2.45, 2.75) is 39.0 Å². The molecular weight excluding hydrogens is 224 g/mol. The highest BCUT2D eigenvalue weighted by molar-refractivity contribution is 5.73. The molecule has 18 heavy (non-hydrogen) atoms. The molecule has 0 spiro atoms. The minimum atomic E-state index is -0.137. The minimum absolute atomic E-state index is 0.0674. The molecule has 0 aliphatic carbocycles. The normalized spacial score (nSPS) is 11.4. The zero-order chi connectivity index (χ0) is 13.8. The third-order valence-corrected chi connectivity index (χ3v) is 3.28. The van der Waals surface area contributed by atoms with E-state index < -0.39 is 0 Å². The summed E-state index contributed by atoms with van der Waals surface area (Å²) in [5.41, 5.74) is 2.51. The Labute approximate surface area is 110 Å². The minimum Gasteiger partial charge on any atom is -0.341 e. The molecule has 0 fully saturated rings. The maximum Gasteiger partial charge on any atom is 0.314 e. The van der Waals surface area contributed by atoms with Gasteiger partial charge in [-0.25, -0.2) is 4.79 Å². The van der Waals surface area contributed by atoms with Crippen molar-refractivity contribution in [1.29, 1.82) is 0 Å². The molecule has 2 amide bonds. The molecule has 0 aromatic heterocycles. The fraction of sp³-hybridized carbons (Fsp3) is 0.533. The number of carbonyl (C=O) groups excluding carboxylic acids is 1. The van der Waals surface area contributed by atoms with E-state index in [2.05, 4.69) is 62.6 Å². The second-order valence-corrected chi connectivity index (χ2v) is 5.59. The first-order valence-corrected chi connectivity index (χ1v) is 6.43. The summed E-state index contributed by atoms with van der Waals surface area (Å²) < 4.78 is 0. The second-order valence-electron chi connectivity index (χ2n) is 5.59. The number of benzene rings is 1. The van der Waals surface area contributed by atoms with Crippen molar-refractivity contribution < 1.29 is 4.79 Å². The lowest BCUT2D eigenvalue weighted by Gasteiger charge is -2.26. The standard InChI is InChI=1S/C15H24N2O/c1-11(2)12-6-8-13(9-7-12)15(3,4)10-17-14(18)16-5/h6-9,11H,10H2,1-5H3,(H2,16,17,18). The monoisotopic (exact) mass is 248 g/mol. The van der Waals surface area contributed by atoms with Gasteiger partial charge in [-0.3, -0.25) is 0 Å². The molecule has 1 rings (SSSR count). The summed E-state index contributed by atoms with van der Waals surface area (Å²) in [6.45, 7) is 9.26. The highest BCUT2D eigenvalue weighted by Gasteiger charge is 2.21. The van der Waals surface area contributed by atoms with Gasteiger partial charge in [-0.15, -0.1) is 0 Å². The van der Waals surface area contributed by atoms with Crippen LogP contribution >= 0.6 is 0 Å². The second kappa shape index (κ2) is 5.89. The van der Waals surface area contributed by atoms with Gasteiger partial charge in [0.05, 0.1) is 0 Å². The first-order chi connectivity index (χ1) is 8.36. The quantitative estimate of drug-likeness (QED) is 0.845. The lowest BCUT2D eigenvalue weighted by molar-refractivity contribution is 0.240. The topological polar surface area (TPSA) is 41.1 Å². The lowest BCUT2D eigenvalue weighted by atomic mass is 9.83. The molecular formula is C15H24N2O. The van der Waals surface area contributed by atoms with Gasteiger partial charge < -0.3 is 10.6 Å². The molecule has 3 nitrogen and oxygen atoms in total. The van der Waals surface area contributed by atoms with Crippen LogP contribution in [0.5, 0.6) is 0 Å². The predicted octanol–water partition coefficient (Wildman–Crippen LogP) is 3.02. The number of amides is 2. The number of nitrogens with one attached hydrogen (secondary N) is 2. The molecule has 0 saturated heterocycles. The van der Waals surface area contributed by atoms with E-state index in [4.69, 9.17) is 0 Å². The Morgan fingerprint density at radius 1 is 1.22 bits per heavy atom. The molecule has 0 aliphatic rings. The molecule has 0 atom stereocenters. The zero-order valence-electron chi connectivity index (χ0n) is 12.0. The van der Waals surface area contributed by atoms with Crippen molar-refractivity contribution >= 4 is 6.03 Å². The summed E-state index contributed by atoms with van der Waals surface area (Å²) in [6, 6.07) is 8.51. The molecule has 1 aromatic rings. The van der Waals surface area contributed by atoms with Crippen LogP contribution in [0.15, 0.2) is 24.3 Å². The molecule has 0 saturated carbocycles. The summed E-state index contributed by atoms with van der Waals surface area (Å²) in [5, 5.41) is 5.42. The van der Waals surface area contributed by atoms with Crippen LogP contribution in [0.1, 0.15) is 44.7 Å². The van der Waals surface area contributed by atoms with Gasteiger partial charge in [0.1, 0.15) is 0 Å². The SMILES string of the molecule is CNC(=O)NCC(C)(C)c1ccc(C(C)C)cc1. The Morgan fingerprint density at radius 2 is 1.78 bits per heavy atom. The number of hydrogen-bond acceptors (Lipinski definition) is 1. The lowest BCUT2D eigenvalue weighted by Crippen LogP contribution is -2.40. The Balaban J connectivity index is 2.75. The van der Waals surface area contributed by atoms with Crippen molar-refractivity contribution in [2.24, 2.45) is 0 Å². The van der Waals surface area contributed by atoms with Crippen LogP contribution < -0.4 is 10.6 Å². The van der Waals surface area contributed by atoms with E-state index in [1.165, 1.54) is 11.1 Å². The van der Waals surface area contributed by atoms with E-state index in [1.54, 1.807) is 7.05 Å². The van der Waals surface area contributed by atoms with Crippen molar-refractivity contribution in [3.8, 4) is 0 Å². The number of hydrogen-bond donors (Lipinski definition) is 2. The summed E-state index contributed by atoms with van der Waals surface area (Å²) >= 11 is 0. The molecule has 1 aromatic carbocycles. The molecule has 0 aliphatic heterocycles. The van der Waals surface area contributed by atoms with Gasteiger partial charge in [-0.2, -0.15) is 0 Å². The van der Waals surface area contributed by atoms with Gasteiger partial charge in [0.15, 0.2) is 0 Å². The summed E-state index contributed by atoms with van der Waals surface area (Å²) in [7, 11) is 1.62. The van der Waals surface area contributed by atoms with Gasteiger partial charge in [0.25, 0.3) is 0 Å². The van der Waals surface area contributed by atoms with E-state index in [1.807, 2.05) is 0 Å². The highest BCUT2D eigenvalue weighted by Crippen LogP contribution is 2.24. The van der Waals surface area contributed by atoms with Crippen LogP contribution in [-0.2, 0) is 5.41 Å². The van der Waals surface area contributed by atoms with E-state index in [-0.39, 0.29) is 11.4 Å². The van der Waals surface area contributed by atoms with Crippen LogP contribution in [0.4, 0.5) is 4.79 Å². The van der Waals surface area contributed by atoms with Crippen LogP contribution in [0, 0.1) is 0 Å².